The van der Waals surface area contributed by atoms with Gasteiger partial charge in [-0.25, -0.2) is 4.79 Å². The van der Waals surface area contributed by atoms with Crippen molar-refractivity contribution >= 4 is 11.7 Å². The number of carbonyl (C=O) groups excluding carboxylic acids is 1. The third kappa shape index (κ3) is 3.43. The van der Waals surface area contributed by atoms with Crippen molar-refractivity contribution in [2.45, 2.75) is 58.4 Å². The molecule has 2 amide bonds. The largest absolute Gasteiger partial charge is 0.394 e. The van der Waals surface area contributed by atoms with Crippen LogP contribution in [-0.2, 0) is 0 Å². The van der Waals surface area contributed by atoms with E-state index < -0.39 is 0 Å². The molecule has 1 heterocycles. The van der Waals surface area contributed by atoms with Crippen molar-refractivity contribution in [1.29, 1.82) is 0 Å². The van der Waals surface area contributed by atoms with Gasteiger partial charge in [0.05, 0.1) is 12.6 Å². The number of nitrogens with zero attached hydrogens (tertiary/aromatic N) is 1. The van der Waals surface area contributed by atoms with E-state index in [0.717, 1.165) is 25.1 Å². The van der Waals surface area contributed by atoms with Gasteiger partial charge < -0.3 is 15.3 Å². The number of nitrogens with one attached hydrogen (secondary N) is 1. The van der Waals surface area contributed by atoms with E-state index in [4.69, 9.17) is 0 Å². The lowest BCUT2D eigenvalue weighted by Gasteiger charge is -2.26. The molecule has 0 aromatic heterocycles. The van der Waals surface area contributed by atoms with Crippen molar-refractivity contribution in [2.75, 3.05) is 18.5 Å². The van der Waals surface area contributed by atoms with E-state index in [1.807, 2.05) is 0 Å². The third-order valence-corrected chi connectivity index (χ3v) is 4.45. The maximum Gasteiger partial charge on any atom is 0.322 e. The van der Waals surface area contributed by atoms with Gasteiger partial charge in [-0.1, -0.05) is 45.9 Å². The maximum absolute atomic E-state index is 12.6. The highest BCUT2D eigenvalue weighted by Crippen LogP contribution is 2.33. The van der Waals surface area contributed by atoms with E-state index in [0.29, 0.717) is 11.8 Å². The summed E-state index contributed by atoms with van der Waals surface area (Å²) >= 11 is 0. The quantitative estimate of drug-likeness (QED) is 0.885. The fraction of sp³-hybridized carbons (Fsp3) is 0.611. The highest BCUT2D eigenvalue weighted by Gasteiger charge is 2.29. The molecule has 2 rings (SSSR count). The van der Waals surface area contributed by atoms with Crippen LogP contribution in [0.25, 0.3) is 0 Å². The van der Waals surface area contributed by atoms with Gasteiger partial charge in [0.25, 0.3) is 0 Å². The van der Waals surface area contributed by atoms with Crippen LogP contribution in [0, 0.1) is 0 Å². The van der Waals surface area contributed by atoms with Crippen molar-refractivity contribution in [1.82, 2.24) is 4.90 Å². The average molecular weight is 304 g/mol. The molecule has 4 nitrogen and oxygen atoms in total. The summed E-state index contributed by atoms with van der Waals surface area (Å²) in [6.07, 6.45) is 1.84. The van der Waals surface area contributed by atoms with Crippen LogP contribution in [0.2, 0.25) is 0 Å². The predicted molar refractivity (Wildman–Crippen MR) is 90.5 cm³/mol. The fourth-order valence-electron chi connectivity index (χ4n) is 3.17. The van der Waals surface area contributed by atoms with Gasteiger partial charge in [0, 0.05) is 12.2 Å². The van der Waals surface area contributed by atoms with Crippen molar-refractivity contribution in [3.63, 3.8) is 0 Å². The first-order chi connectivity index (χ1) is 10.5. The van der Waals surface area contributed by atoms with Crippen LogP contribution < -0.4 is 5.32 Å². The molecule has 1 atom stereocenters. The molecule has 1 aromatic rings. The molecule has 0 aliphatic carbocycles. The minimum atomic E-state index is -0.0912. The molecule has 4 heteroatoms. The highest BCUT2D eigenvalue weighted by atomic mass is 16.3. The van der Waals surface area contributed by atoms with Gasteiger partial charge in [0.15, 0.2) is 0 Å². The van der Waals surface area contributed by atoms with Crippen molar-refractivity contribution in [3.05, 3.63) is 29.3 Å². The van der Waals surface area contributed by atoms with Gasteiger partial charge in [-0.3, -0.25) is 0 Å². The molecule has 1 aliphatic rings. The summed E-state index contributed by atoms with van der Waals surface area (Å²) in [6.45, 7) is 9.32. The van der Waals surface area contributed by atoms with Gasteiger partial charge in [0.1, 0.15) is 0 Å². The average Bonchev–Trinajstić information content (AvgIpc) is 2.95. The smallest absolute Gasteiger partial charge is 0.322 e. The van der Waals surface area contributed by atoms with Gasteiger partial charge in [-0.2, -0.15) is 0 Å². The Bertz CT molecular complexity index is 500. The molecule has 0 spiro atoms. The number of hydrogen-bond donors (Lipinski definition) is 2. The minimum Gasteiger partial charge on any atom is -0.394 e. The van der Waals surface area contributed by atoms with E-state index in [-0.39, 0.29) is 18.7 Å². The Morgan fingerprint density at radius 1 is 1.27 bits per heavy atom. The van der Waals surface area contributed by atoms with E-state index >= 15 is 0 Å². The van der Waals surface area contributed by atoms with Crippen molar-refractivity contribution in [2.24, 2.45) is 0 Å². The summed E-state index contributed by atoms with van der Waals surface area (Å²) in [4.78, 5) is 14.4. The van der Waals surface area contributed by atoms with Gasteiger partial charge in [-0.05, 0) is 35.8 Å². The topological polar surface area (TPSA) is 52.6 Å². The molecule has 0 saturated carbocycles. The number of likely N-dealkylation sites (tertiary alicyclic amines) is 1. The molecule has 0 radical (unpaired) electrons. The number of benzene rings is 1. The fourth-order valence-corrected chi connectivity index (χ4v) is 3.17. The predicted octanol–water partition coefficient (Wildman–Crippen LogP) is 3.92. The van der Waals surface area contributed by atoms with Gasteiger partial charge in [-0.15, -0.1) is 0 Å². The zero-order chi connectivity index (χ0) is 16.3. The summed E-state index contributed by atoms with van der Waals surface area (Å²) in [6, 6.07) is 6.09. The van der Waals surface area contributed by atoms with Crippen LogP contribution in [0.15, 0.2) is 18.2 Å². The molecule has 0 unspecified atom stereocenters. The molecular weight excluding hydrogens is 276 g/mol. The summed E-state index contributed by atoms with van der Waals surface area (Å²) in [5, 5.41) is 12.5. The summed E-state index contributed by atoms with van der Waals surface area (Å²) in [5.41, 5.74) is 3.28. The summed E-state index contributed by atoms with van der Waals surface area (Å²) < 4.78 is 0. The second-order valence-electron chi connectivity index (χ2n) is 6.72. The Labute approximate surface area is 133 Å². The molecule has 2 N–H and O–H groups in total. The Kier molecular flexibility index (Phi) is 5.46. The van der Waals surface area contributed by atoms with Crippen LogP contribution in [0.5, 0.6) is 0 Å². The van der Waals surface area contributed by atoms with Crippen LogP contribution >= 0.6 is 0 Å². The monoisotopic (exact) mass is 304 g/mol. The number of rotatable bonds is 4. The third-order valence-electron chi connectivity index (χ3n) is 4.45. The van der Waals surface area contributed by atoms with E-state index in [9.17, 15) is 9.90 Å². The number of para-hydroxylation sites is 1. The summed E-state index contributed by atoms with van der Waals surface area (Å²) in [5.74, 6) is 0.697. The zero-order valence-corrected chi connectivity index (χ0v) is 14.1. The standard InChI is InChI=1S/C18H28N2O2/c1-12(2)15-8-5-9-16(13(3)4)17(15)19-18(22)20-10-6-7-14(20)11-21/h5,8-9,12-14,21H,6-7,10-11H2,1-4H3,(H,19,22)/t14-/m0/s1. The molecule has 1 aliphatic heterocycles. The Balaban J connectivity index is 2.29. The molecule has 1 aromatic carbocycles. The molecule has 0 bridgehead atoms. The Morgan fingerprint density at radius 3 is 2.36 bits per heavy atom. The summed E-state index contributed by atoms with van der Waals surface area (Å²) in [7, 11) is 0. The van der Waals surface area contributed by atoms with E-state index in [2.05, 4.69) is 51.2 Å². The molecule has 1 fully saturated rings. The SMILES string of the molecule is CC(C)c1cccc(C(C)C)c1NC(=O)N1CCC[C@H]1CO. The van der Waals surface area contributed by atoms with Crippen LogP contribution in [-0.4, -0.2) is 35.2 Å². The number of urea groups is 1. The molecular formula is C18H28N2O2. The number of aliphatic hydroxyl groups is 1. The van der Waals surface area contributed by atoms with Gasteiger partial charge in [0.2, 0.25) is 0 Å². The first kappa shape index (κ1) is 16.8. The number of anilines is 1. The normalized spacial score (nSPS) is 18.3. The second kappa shape index (κ2) is 7.14. The lowest BCUT2D eigenvalue weighted by atomic mass is 9.93. The number of carbonyl (C=O) groups is 1. The number of amides is 2. The van der Waals surface area contributed by atoms with Crippen LogP contribution in [0.1, 0.15) is 63.5 Å². The first-order valence-corrected chi connectivity index (χ1v) is 8.27. The highest BCUT2D eigenvalue weighted by molar-refractivity contribution is 5.91. The van der Waals surface area contributed by atoms with Gasteiger partial charge >= 0.3 is 6.03 Å². The van der Waals surface area contributed by atoms with Crippen LogP contribution in [0.4, 0.5) is 10.5 Å². The Hall–Kier alpha value is -1.55. The molecule has 1 saturated heterocycles. The second-order valence-corrected chi connectivity index (χ2v) is 6.72. The number of aliphatic hydroxyl groups excluding tert-OH is 1. The first-order valence-electron chi connectivity index (χ1n) is 8.27. The van der Waals surface area contributed by atoms with Crippen molar-refractivity contribution < 1.29 is 9.90 Å². The van der Waals surface area contributed by atoms with E-state index in [1.54, 1.807) is 4.90 Å². The number of hydrogen-bond acceptors (Lipinski definition) is 2. The van der Waals surface area contributed by atoms with Crippen LogP contribution in [0.3, 0.4) is 0 Å². The van der Waals surface area contributed by atoms with E-state index in [1.165, 1.54) is 11.1 Å². The minimum absolute atomic E-state index is 0.0380. The van der Waals surface area contributed by atoms with Crippen molar-refractivity contribution in [3.8, 4) is 0 Å². The molecule has 22 heavy (non-hydrogen) atoms. The maximum atomic E-state index is 12.6. The molecule has 122 valence electrons. The lowest BCUT2D eigenvalue weighted by Crippen LogP contribution is -2.40. The lowest BCUT2D eigenvalue weighted by molar-refractivity contribution is 0.166. The Morgan fingerprint density at radius 2 is 1.86 bits per heavy atom. The zero-order valence-electron chi connectivity index (χ0n) is 14.1.